The van der Waals surface area contributed by atoms with Crippen molar-refractivity contribution < 1.29 is 13.2 Å². The summed E-state index contributed by atoms with van der Waals surface area (Å²) in [5, 5.41) is 0. The molecule has 0 unspecified atom stereocenters. The smallest absolute Gasteiger partial charge is 0.324 e. The standard InChI is InChI=1S/C11H12F3N/c12-11(13,14)9-4-2-1-3-8(9)10(15)7-5-6-7/h1-4,7,10H,5-6,15H2/t10-/m1/s1. The van der Waals surface area contributed by atoms with Crippen molar-refractivity contribution in [2.24, 2.45) is 11.7 Å². The molecular formula is C11H12F3N. The highest BCUT2D eigenvalue weighted by molar-refractivity contribution is 5.33. The summed E-state index contributed by atoms with van der Waals surface area (Å²) >= 11 is 0. The van der Waals surface area contributed by atoms with Gasteiger partial charge in [-0.25, -0.2) is 0 Å². The van der Waals surface area contributed by atoms with Crippen LogP contribution >= 0.6 is 0 Å². The molecule has 1 aliphatic carbocycles. The van der Waals surface area contributed by atoms with Crippen LogP contribution in [0.4, 0.5) is 13.2 Å². The van der Waals surface area contributed by atoms with Gasteiger partial charge < -0.3 is 5.73 Å². The average molecular weight is 215 g/mol. The zero-order chi connectivity index (χ0) is 11.1. The highest BCUT2D eigenvalue weighted by atomic mass is 19.4. The van der Waals surface area contributed by atoms with Gasteiger partial charge in [-0.3, -0.25) is 0 Å². The fourth-order valence-corrected chi connectivity index (χ4v) is 1.76. The van der Waals surface area contributed by atoms with Crippen LogP contribution in [0.3, 0.4) is 0 Å². The van der Waals surface area contributed by atoms with Gasteiger partial charge >= 0.3 is 6.18 Å². The van der Waals surface area contributed by atoms with Gasteiger partial charge in [-0.1, -0.05) is 18.2 Å². The summed E-state index contributed by atoms with van der Waals surface area (Å²) in [6.45, 7) is 0. The molecule has 0 bridgehead atoms. The first-order chi connectivity index (χ1) is 7.00. The summed E-state index contributed by atoms with van der Waals surface area (Å²) in [4.78, 5) is 0. The van der Waals surface area contributed by atoms with Crippen LogP contribution in [-0.4, -0.2) is 0 Å². The second kappa shape index (κ2) is 3.52. The molecular weight excluding hydrogens is 203 g/mol. The third kappa shape index (κ3) is 2.15. The van der Waals surface area contributed by atoms with Crippen LogP contribution in [0.15, 0.2) is 24.3 Å². The molecule has 1 aromatic rings. The molecule has 1 aromatic carbocycles. The lowest BCUT2D eigenvalue weighted by molar-refractivity contribution is -0.138. The molecule has 0 heterocycles. The molecule has 0 spiro atoms. The number of benzene rings is 1. The molecule has 82 valence electrons. The highest BCUT2D eigenvalue weighted by Crippen LogP contribution is 2.43. The topological polar surface area (TPSA) is 26.0 Å². The van der Waals surface area contributed by atoms with E-state index in [0.717, 1.165) is 18.9 Å². The Kier molecular flexibility index (Phi) is 2.46. The first-order valence-electron chi connectivity index (χ1n) is 4.92. The summed E-state index contributed by atoms with van der Waals surface area (Å²) in [5.74, 6) is 0.230. The molecule has 2 N–H and O–H groups in total. The van der Waals surface area contributed by atoms with Crippen molar-refractivity contribution in [3.8, 4) is 0 Å². The quantitative estimate of drug-likeness (QED) is 0.805. The van der Waals surface area contributed by atoms with Crippen molar-refractivity contribution in [2.75, 3.05) is 0 Å². The van der Waals surface area contributed by atoms with E-state index in [2.05, 4.69) is 0 Å². The predicted octanol–water partition coefficient (Wildman–Crippen LogP) is 3.12. The van der Waals surface area contributed by atoms with Crippen LogP contribution < -0.4 is 5.73 Å². The number of rotatable bonds is 2. The Morgan fingerprint density at radius 3 is 2.33 bits per heavy atom. The van der Waals surface area contributed by atoms with Crippen LogP contribution in [-0.2, 0) is 6.18 Å². The number of nitrogens with two attached hydrogens (primary N) is 1. The van der Waals surface area contributed by atoms with E-state index < -0.39 is 17.8 Å². The largest absolute Gasteiger partial charge is 0.416 e. The van der Waals surface area contributed by atoms with Crippen LogP contribution in [0.5, 0.6) is 0 Å². The SMILES string of the molecule is N[C@@H](c1ccccc1C(F)(F)F)C1CC1. The van der Waals surface area contributed by atoms with Crippen LogP contribution in [0, 0.1) is 5.92 Å². The lowest BCUT2D eigenvalue weighted by Gasteiger charge is -2.17. The normalized spacial score (nSPS) is 18.9. The Hall–Kier alpha value is -1.03. The molecule has 1 fully saturated rings. The second-order valence-electron chi connectivity index (χ2n) is 3.95. The molecule has 0 amide bonds. The minimum atomic E-state index is -4.30. The van der Waals surface area contributed by atoms with Gasteiger partial charge in [-0.15, -0.1) is 0 Å². The minimum Gasteiger partial charge on any atom is -0.324 e. The van der Waals surface area contributed by atoms with E-state index in [1.165, 1.54) is 12.1 Å². The number of hydrogen-bond acceptors (Lipinski definition) is 1. The molecule has 2 rings (SSSR count). The maximum Gasteiger partial charge on any atom is 0.416 e. The minimum absolute atomic E-state index is 0.229. The van der Waals surface area contributed by atoms with E-state index in [0.29, 0.717) is 0 Å². The van der Waals surface area contributed by atoms with Crippen molar-refractivity contribution in [1.82, 2.24) is 0 Å². The van der Waals surface area contributed by atoms with Crippen molar-refractivity contribution in [2.45, 2.75) is 25.1 Å². The maximum atomic E-state index is 12.6. The third-order valence-electron chi connectivity index (χ3n) is 2.76. The molecule has 1 nitrogen and oxygen atoms in total. The fraction of sp³-hybridized carbons (Fsp3) is 0.455. The molecule has 1 atom stereocenters. The fourth-order valence-electron chi connectivity index (χ4n) is 1.76. The number of halogens is 3. The lowest BCUT2D eigenvalue weighted by atomic mass is 9.97. The zero-order valence-electron chi connectivity index (χ0n) is 8.09. The van der Waals surface area contributed by atoms with Gasteiger partial charge in [-0.2, -0.15) is 13.2 Å². The van der Waals surface area contributed by atoms with Gasteiger partial charge in [0.15, 0.2) is 0 Å². The molecule has 0 radical (unpaired) electrons. The average Bonchev–Trinajstić information content (AvgIpc) is 2.98. The van der Waals surface area contributed by atoms with E-state index in [9.17, 15) is 13.2 Å². The summed E-state index contributed by atoms with van der Waals surface area (Å²) in [5.41, 5.74) is 5.43. The van der Waals surface area contributed by atoms with Crippen molar-refractivity contribution in [3.05, 3.63) is 35.4 Å². The third-order valence-corrected chi connectivity index (χ3v) is 2.76. The van der Waals surface area contributed by atoms with Gasteiger partial charge in [0, 0.05) is 6.04 Å². The van der Waals surface area contributed by atoms with Crippen LogP contribution in [0.2, 0.25) is 0 Å². The monoisotopic (exact) mass is 215 g/mol. The lowest BCUT2D eigenvalue weighted by Crippen LogP contribution is -2.18. The Morgan fingerprint density at radius 2 is 1.80 bits per heavy atom. The Labute approximate surface area is 86.1 Å². The second-order valence-corrected chi connectivity index (χ2v) is 3.95. The predicted molar refractivity (Wildman–Crippen MR) is 51.1 cm³/mol. The van der Waals surface area contributed by atoms with Gasteiger partial charge in [-0.05, 0) is 30.4 Å². The summed E-state index contributed by atoms with van der Waals surface area (Å²) in [6.07, 6.45) is -2.43. The van der Waals surface area contributed by atoms with Crippen LogP contribution in [0.25, 0.3) is 0 Å². The van der Waals surface area contributed by atoms with Crippen molar-refractivity contribution in [1.29, 1.82) is 0 Å². The zero-order valence-corrected chi connectivity index (χ0v) is 8.09. The molecule has 0 saturated heterocycles. The van der Waals surface area contributed by atoms with Gasteiger partial charge in [0.25, 0.3) is 0 Å². The molecule has 0 aliphatic heterocycles. The number of hydrogen-bond donors (Lipinski definition) is 1. The summed E-state index contributed by atoms with van der Waals surface area (Å²) in [6, 6.07) is 5.10. The van der Waals surface area contributed by atoms with Gasteiger partial charge in [0.2, 0.25) is 0 Å². The van der Waals surface area contributed by atoms with E-state index in [1.54, 1.807) is 6.07 Å². The van der Waals surface area contributed by atoms with Crippen LogP contribution in [0.1, 0.15) is 30.0 Å². The van der Waals surface area contributed by atoms with Crippen molar-refractivity contribution >= 4 is 0 Å². The molecule has 15 heavy (non-hydrogen) atoms. The van der Waals surface area contributed by atoms with E-state index in [4.69, 9.17) is 5.73 Å². The molecule has 4 heteroatoms. The highest BCUT2D eigenvalue weighted by Gasteiger charge is 2.38. The first-order valence-corrected chi connectivity index (χ1v) is 4.92. The maximum absolute atomic E-state index is 12.6. The molecule has 0 aromatic heterocycles. The van der Waals surface area contributed by atoms with Gasteiger partial charge in [0.1, 0.15) is 0 Å². The molecule has 1 aliphatic rings. The Bertz CT molecular complexity index is 355. The van der Waals surface area contributed by atoms with Gasteiger partial charge in [0.05, 0.1) is 5.56 Å². The number of alkyl halides is 3. The van der Waals surface area contributed by atoms with E-state index >= 15 is 0 Å². The Balaban J connectivity index is 2.37. The summed E-state index contributed by atoms with van der Waals surface area (Å²) in [7, 11) is 0. The van der Waals surface area contributed by atoms with E-state index in [-0.39, 0.29) is 11.5 Å². The Morgan fingerprint density at radius 1 is 1.20 bits per heavy atom. The first kappa shape index (κ1) is 10.5. The van der Waals surface area contributed by atoms with E-state index in [1.807, 2.05) is 0 Å². The van der Waals surface area contributed by atoms with Crippen molar-refractivity contribution in [3.63, 3.8) is 0 Å². The summed E-state index contributed by atoms with van der Waals surface area (Å²) < 4.78 is 37.9. The molecule has 1 saturated carbocycles.